The number of nitrogens with one attached hydrogen (secondary N) is 1. The first-order valence-corrected chi connectivity index (χ1v) is 5.71. The Balaban J connectivity index is 1.91. The fourth-order valence-corrected chi connectivity index (χ4v) is 3.13. The summed E-state index contributed by atoms with van der Waals surface area (Å²) in [5.41, 5.74) is 0.586. The Bertz CT molecular complexity index is 248. The molecule has 1 N–H and O–H groups in total. The van der Waals surface area contributed by atoms with E-state index in [9.17, 15) is 4.79 Å². The number of hydrogen-bond acceptors (Lipinski definition) is 1. The predicted molar refractivity (Wildman–Crippen MR) is 56.8 cm³/mol. The molecule has 0 aromatic heterocycles. The molecule has 0 unspecified atom stereocenters. The summed E-state index contributed by atoms with van der Waals surface area (Å²) in [7, 11) is 0. The summed E-state index contributed by atoms with van der Waals surface area (Å²) in [6, 6.07) is 0.284. The topological polar surface area (TPSA) is 29.1 Å². The number of amides is 1. The first-order chi connectivity index (χ1) is 6.40. The number of rotatable bonds is 3. The predicted octanol–water partition coefficient (Wildman–Crippen LogP) is 2.34. The van der Waals surface area contributed by atoms with E-state index in [0.29, 0.717) is 11.3 Å². The standard InChI is InChI=1S/C12H21NO/c1-8(2)11-5-12(6-11,7-11)10(14)13-9(3)4/h8-9H,5-7H2,1-4H3,(H,13,14). The smallest absolute Gasteiger partial charge is 0.226 e. The summed E-state index contributed by atoms with van der Waals surface area (Å²) in [6.07, 6.45) is 3.41. The Labute approximate surface area is 86.5 Å². The maximum Gasteiger partial charge on any atom is 0.226 e. The van der Waals surface area contributed by atoms with Gasteiger partial charge in [-0.2, -0.15) is 0 Å². The summed E-state index contributed by atoms with van der Waals surface area (Å²) < 4.78 is 0. The van der Waals surface area contributed by atoms with Crippen LogP contribution in [0.2, 0.25) is 0 Å². The van der Waals surface area contributed by atoms with E-state index in [0.717, 1.165) is 25.2 Å². The minimum Gasteiger partial charge on any atom is -0.353 e. The highest BCUT2D eigenvalue weighted by Crippen LogP contribution is 2.76. The Hall–Kier alpha value is -0.530. The monoisotopic (exact) mass is 195 g/mol. The van der Waals surface area contributed by atoms with Gasteiger partial charge in [-0.1, -0.05) is 13.8 Å². The fraction of sp³-hybridized carbons (Fsp3) is 0.917. The van der Waals surface area contributed by atoms with Crippen LogP contribution in [0, 0.1) is 16.7 Å². The maximum absolute atomic E-state index is 11.8. The van der Waals surface area contributed by atoms with Crippen LogP contribution in [0.15, 0.2) is 0 Å². The lowest BCUT2D eigenvalue weighted by atomic mass is 9.32. The van der Waals surface area contributed by atoms with E-state index in [1.54, 1.807) is 0 Å². The molecule has 0 aliphatic heterocycles. The molecule has 2 bridgehead atoms. The van der Waals surface area contributed by atoms with Crippen molar-refractivity contribution >= 4 is 5.91 Å². The zero-order valence-corrected chi connectivity index (χ0v) is 9.68. The average Bonchev–Trinajstić information content (AvgIpc) is 1.75. The minimum absolute atomic E-state index is 0.0501. The van der Waals surface area contributed by atoms with Gasteiger partial charge in [0.2, 0.25) is 5.91 Å². The SMILES string of the molecule is CC(C)NC(=O)C12CC(C(C)C)(C1)C2. The summed E-state index contributed by atoms with van der Waals surface area (Å²) in [6.45, 7) is 8.62. The number of carbonyl (C=O) groups is 1. The molecule has 1 amide bonds. The van der Waals surface area contributed by atoms with Crippen LogP contribution < -0.4 is 5.32 Å². The molecule has 3 fully saturated rings. The molecule has 80 valence electrons. The summed E-state index contributed by atoms with van der Waals surface area (Å²) >= 11 is 0. The van der Waals surface area contributed by atoms with Gasteiger partial charge in [0.05, 0.1) is 5.41 Å². The van der Waals surface area contributed by atoms with E-state index in [4.69, 9.17) is 0 Å². The average molecular weight is 195 g/mol. The molecule has 3 aliphatic carbocycles. The van der Waals surface area contributed by atoms with E-state index >= 15 is 0 Å². The highest BCUT2D eigenvalue weighted by atomic mass is 16.2. The minimum atomic E-state index is 0.0501. The van der Waals surface area contributed by atoms with Gasteiger partial charge < -0.3 is 5.32 Å². The van der Waals surface area contributed by atoms with E-state index in [1.165, 1.54) is 0 Å². The van der Waals surface area contributed by atoms with Crippen molar-refractivity contribution in [3.63, 3.8) is 0 Å². The first kappa shape index (κ1) is 10.0. The largest absolute Gasteiger partial charge is 0.353 e. The molecule has 2 heteroatoms. The highest BCUT2D eigenvalue weighted by Gasteiger charge is 2.71. The maximum atomic E-state index is 11.8. The van der Waals surface area contributed by atoms with Gasteiger partial charge in [0.1, 0.15) is 0 Å². The Kier molecular flexibility index (Phi) is 1.96. The van der Waals surface area contributed by atoms with Crippen LogP contribution in [0.25, 0.3) is 0 Å². The lowest BCUT2D eigenvalue weighted by Gasteiger charge is -2.71. The molecule has 14 heavy (non-hydrogen) atoms. The molecule has 3 aliphatic rings. The molecule has 0 spiro atoms. The molecule has 0 aromatic rings. The Morgan fingerprint density at radius 2 is 1.64 bits per heavy atom. The molecule has 0 atom stereocenters. The van der Waals surface area contributed by atoms with Crippen LogP contribution in [0.5, 0.6) is 0 Å². The lowest BCUT2D eigenvalue weighted by Crippen LogP contribution is -2.69. The van der Waals surface area contributed by atoms with Crippen LogP contribution in [0.1, 0.15) is 47.0 Å². The van der Waals surface area contributed by atoms with Crippen molar-refractivity contribution < 1.29 is 4.79 Å². The van der Waals surface area contributed by atoms with Crippen LogP contribution in [-0.4, -0.2) is 11.9 Å². The van der Waals surface area contributed by atoms with Crippen LogP contribution in [0.4, 0.5) is 0 Å². The van der Waals surface area contributed by atoms with Gasteiger partial charge >= 0.3 is 0 Å². The van der Waals surface area contributed by atoms with Crippen molar-refractivity contribution in [1.82, 2.24) is 5.32 Å². The third-order valence-corrected chi connectivity index (χ3v) is 4.20. The molecule has 0 saturated heterocycles. The summed E-state index contributed by atoms with van der Waals surface area (Å²) in [4.78, 5) is 11.8. The highest BCUT2D eigenvalue weighted by molar-refractivity contribution is 5.86. The van der Waals surface area contributed by atoms with Crippen molar-refractivity contribution in [3.8, 4) is 0 Å². The van der Waals surface area contributed by atoms with Gasteiger partial charge in [-0.3, -0.25) is 4.79 Å². The van der Waals surface area contributed by atoms with Crippen molar-refractivity contribution in [3.05, 3.63) is 0 Å². The zero-order chi connectivity index (χ0) is 10.6. The van der Waals surface area contributed by atoms with E-state index < -0.39 is 0 Å². The normalized spacial score (nSPS) is 39.3. The molecule has 0 heterocycles. The van der Waals surface area contributed by atoms with Crippen molar-refractivity contribution in [2.75, 3.05) is 0 Å². The van der Waals surface area contributed by atoms with Gasteiger partial charge in [0.25, 0.3) is 0 Å². The third-order valence-electron chi connectivity index (χ3n) is 4.20. The zero-order valence-electron chi connectivity index (χ0n) is 9.68. The van der Waals surface area contributed by atoms with Crippen molar-refractivity contribution in [2.45, 2.75) is 53.0 Å². The number of hydrogen-bond donors (Lipinski definition) is 1. The van der Waals surface area contributed by atoms with Crippen LogP contribution in [0.3, 0.4) is 0 Å². The van der Waals surface area contributed by atoms with Gasteiger partial charge in [-0.05, 0) is 44.4 Å². The molecule has 2 nitrogen and oxygen atoms in total. The van der Waals surface area contributed by atoms with Crippen LogP contribution in [-0.2, 0) is 4.79 Å². The first-order valence-electron chi connectivity index (χ1n) is 5.71. The van der Waals surface area contributed by atoms with Gasteiger partial charge in [0, 0.05) is 6.04 Å². The fourth-order valence-electron chi connectivity index (χ4n) is 3.13. The van der Waals surface area contributed by atoms with Crippen molar-refractivity contribution in [2.24, 2.45) is 16.7 Å². The van der Waals surface area contributed by atoms with Gasteiger partial charge in [0.15, 0.2) is 0 Å². The summed E-state index contributed by atoms with van der Waals surface area (Å²) in [5.74, 6) is 1.05. The Morgan fingerprint density at radius 1 is 1.14 bits per heavy atom. The third kappa shape index (κ3) is 1.12. The molecular weight excluding hydrogens is 174 g/mol. The second-order valence-corrected chi connectivity index (χ2v) is 5.96. The van der Waals surface area contributed by atoms with Gasteiger partial charge in [-0.15, -0.1) is 0 Å². The molecule has 0 radical (unpaired) electrons. The second kappa shape index (κ2) is 2.74. The van der Waals surface area contributed by atoms with E-state index in [2.05, 4.69) is 19.2 Å². The summed E-state index contributed by atoms with van der Waals surface area (Å²) in [5, 5.41) is 3.04. The van der Waals surface area contributed by atoms with Gasteiger partial charge in [-0.25, -0.2) is 0 Å². The van der Waals surface area contributed by atoms with E-state index in [1.807, 2.05) is 13.8 Å². The molecular formula is C12H21NO. The molecule has 3 rings (SSSR count). The van der Waals surface area contributed by atoms with Crippen LogP contribution >= 0.6 is 0 Å². The molecule has 3 saturated carbocycles. The quantitative estimate of drug-likeness (QED) is 0.735. The number of carbonyl (C=O) groups excluding carboxylic acids is 1. The second-order valence-electron chi connectivity index (χ2n) is 5.96. The van der Waals surface area contributed by atoms with Crippen molar-refractivity contribution in [1.29, 1.82) is 0 Å². The van der Waals surface area contributed by atoms with E-state index in [-0.39, 0.29) is 11.5 Å². The molecule has 0 aromatic carbocycles. The lowest BCUT2D eigenvalue weighted by molar-refractivity contribution is -0.225. The Morgan fingerprint density at radius 3 is 2.00 bits per heavy atom.